The second kappa shape index (κ2) is 7.14. The number of benzene rings is 1. The highest BCUT2D eigenvalue weighted by atomic mass is 16.5. The molecule has 0 bridgehead atoms. The van der Waals surface area contributed by atoms with Crippen molar-refractivity contribution in [1.29, 1.82) is 0 Å². The summed E-state index contributed by atoms with van der Waals surface area (Å²) < 4.78 is 5.53. The summed E-state index contributed by atoms with van der Waals surface area (Å²) in [5.74, 6) is 0. The molecule has 4 nitrogen and oxygen atoms in total. The standard InChI is InChI=1S/C18H26N2O2/c21-17(20-16-8-4-5-9-16)19-14-18(10-12-22-13-11-18)15-6-2-1-3-7-15/h1-3,6-7,16H,4-5,8-14H2,(H2,19,20,21). The Kier molecular flexibility index (Phi) is 4.98. The van der Waals surface area contributed by atoms with Crippen molar-refractivity contribution in [3.05, 3.63) is 35.9 Å². The molecule has 2 aliphatic rings. The first kappa shape index (κ1) is 15.3. The van der Waals surface area contributed by atoms with Crippen LogP contribution in [0, 0.1) is 0 Å². The van der Waals surface area contributed by atoms with Crippen LogP contribution >= 0.6 is 0 Å². The molecule has 1 saturated carbocycles. The summed E-state index contributed by atoms with van der Waals surface area (Å²) >= 11 is 0. The molecule has 0 spiro atoms. The minimum absolute atomic E-state index is 0.00647. The van der Waals surface area contributed by atoms with E-state index in [-0.39, 0.29) is 11.4 Å². The van der Waals surface area contributed by atoms with Crippen LogP contribution in [-0.2, 0) is 10.2 Å². The minimum Gasteiger partial charge on any atom is -0.381 e. The molecule has 22 heavy (non-hydrogen) atoms. The van der Waals surface area contributed by atoms with Crippen molar-refractivity contribution >= 4 is 6.03 Å². The summed E-state index contributed by atoms with van der Waals surface area (Å²) in [5, 5.41) is 6.22. The summed E-state index contributed by atoms with van der Waals surface area (Å²) in [7, 11) is 0. The molecule has 3 rings (SSSR count). The number of carbonyl (C=O) groups excluding carboxylic acids is 1. The number of amides is 2. The van der Waals surface area contributed by atoms with E-state index in [1.807, 2.05) is 6.07 Å². The van der Waals surface area contributed by atoms with Gasteiger partial charge in [0.1, 0.15) is 0 Å². The molecular weight excluding hydrogens is 276 g/mol. The van der Waals surface area contributed by atoms with Gasteiger partial charge in [-0.25, -0.2) is 4.79 Å². The van der Waals surface area contributed by atoms with Gasteiger partial charge in [0.25, 0.3) is 0 Å². The van der Waals surface area contributed by atoms with Gasteiger partial charge in [-0.1, -0.05) is 43.2 Å². The zero-order valence-corrected chi connectivity index (χ0v) is 13.1. The van der Waals surface area contributed by atoms with E-state index in [1.54, 1.807) is 0 Å². The number of hydrogen-bond acceptors (Lipinski definition) is 2. The van der Waals surface area contributed by atoms with E-state index in [2.05, 4.69) is 34.9 Å². The summed E-state index contributed by atoms with van der Waals surface area (Å²) in [6.45, 7) is 2.21. The average Bonchev–Trinajstić information content (AvgIpc) is 3.08. The third-order valence-corrected chi connectivity index (χ3v) is 5.11. The minimum atomic E-state index is -0.0197. The Labute approximate surface area is 132 Å². The quantitative estimate of drug-likeness (QED) is 0.898. The van der Waals surface area contributed by atoms with Crippen LogP contribution in [0.4, 0.5) is 4.79 Å². The van der Waals surface area contributed by atoms with Crippen molar-refractivity contribution in [3.8, 4) is 0 Å². The van der Waals surface area contributed by atoms with Crippen LogP contribution in [-0.4, -0.2) is 31.8 Å². The molecule has 2 N–H and O–H groups in total. The summed E-state index contributed by atoms with van der Waals surface area (Å²) in [4.78, 5) is 12.2. The molecule has 2 amide bonds. The molecular formula is C18H26N2O2. The Morgan fingerprint density at radius 3 is 2.50 bits per heavy atom. The fourth-order valence-electron chi connectivity index (χ4n) is 3.68. The van der Waals surface area contributed by atoms with E-state index in [0.29, 0.717) is 12.6 Å². The first-order valence-corrected chi connectivity index (χ1v) is 8.46. The van der Waals surface area contributed by atoms with E-state index >= 15 is 0 Å². The summed E-state index contributed by atoms with van der Waals surface area (Å²) in [5.41, 5.74) is 1.31. The predicted molar refractivity (Wildman–Crippen MR) is 87.0 cm³/mol. The summed E-state index contributed by atoms with van der Waals surface area (Å²) in [6.07, 6.45) is 6.62. The van der Waals surface area contributed by atoms with Crippen LogP contribution in [0.1, 0.15) is 44.1 Å². The molecule has 0 unspecified atom stereocenters. The Morgan fingerprint density at radius 2 is 1.82 bits per heavy atom. The number of carbonyl (C=O) groups is 1. The monoisotopic (exact) mass is 302 g/mol. The highest BCUT2D eigenvalue weighted by molar-refractivity contribution is 5.74. The van der Waals surface area contributed by atoms with Gasteiger partial charge in [-0.15, -0.1) is 0 Å². The lowest BCUT2D eigenvalue weighted by molar-refractivity contribution is 0.0506. The van der Waals surface area contributed by atoms with Crippen LogP contribution < -0.4 is 10.6 Å². The normalized spacial score (nSPS) is 21.5. The van der Waals surface area contributed by atoms with Gasteiger partial charge in [0.15, 0.2) is 0 Å². The SMILES string of the molecule is O=C(NCC1(c2ccccc2)CCOCC1)NC1CCCC1. The Balaban J connectivity index is 1.62. The fraction of sp³-hybridized carbons (Fsp3) is 0.611. The van der Waals surface area contributed by atoms with Gasteiger partial charge in [-0.2, -0.15) is 0 Å². The second-order valence-corrected chi connectivity index (χ2v) is 6.57. The molecule has 120 valence electrons. The van der Waals surface area contributed by atoms with Crippen LogP contribution in [0.2, 0.25) is 0 Å². The van der Waals surface area contributed by atoms with Gasteiger partial charge < -0.3 is 15.4 Å². The fourth-order valence-corrected chi connectivity index (χ4v) is 3.68. The van der Waals surface area contributed by atoms with Gasteiger partial charge in [0, 0.05) is 31.2 Å². The Bertz CT molecular complexity index is 477. The molecule has 0 atom stereocenters. The zero-order chi connectivity index (χ0) is 15.3. The van der Waals surface area contributed by atoms with E-state index in [0.717, 1.165) is 38.9 Å². The first-order chi connectivity index (χ1) is 10.8. The van der Waals surface area contributed by atoms with Crippen LogP contribution in [0.15, 0.2) is 30.3 Å². The molecule has 0 radical (unpaired) electrons. The lowest BCUT2D eigenvalue weighted by atomic mass is 9.74. The van der Waals surface area contributed by atoms with E-state index in [9.17, 15) is 4.79 Å². The Hall–Kier alpha value is -1.55. The van der Waals surface area contributed by atoms with Crippen molar-refractivity contribution in [2.45, 2.75) is 50.0 Å². The molecule has 1 aliphatic heterocycles. The van der Waals surface area contributed by atoms with E-state index in [4.69, 9.17) is 4.74 Å². The van der Waals surface area contributed by atoms with Gasteiger partial charge >= 0.3 is 6.03 Å². The lowest BCUT2D eigenvalue weighted by Gasteiger charge is -2.38. The highest BCUT2D eigenvalue weighted by Gasteiger charge is 2.34. The number of ether oxygens (including phenoxy) is 1. The largest absolute Gasteiger partial charge is 0.381 e. The van der Waals surface area contributed by atoms with E-state index in [1.165, 1.54) is 18.4 Å². The third kappa shape index (κ3) is 3.61. The van der Waals surface area contributed by atoms with E-state index < -0.39 is 0 Å². The first-order valence-electron chi connectivity index (χ1n) is 8.46. The summed E-state index contributed by atoms with van der Waals surface area (Å²) in [6, 6.07) is 10.9. The molecule has 1 aromatic rings. The van der Waals surface area contributed by atoms with Crippen molar-refractivity contribution in [2.24, 2.45) is 0 Å². The van der Waals surface area contributed by atoms with Crippen LogP contribution in [0.5, 0.6) is 0 Å². The molecule has 4 heteroatoms. The van der Waals surface area contributed by atoms with Gasteiger partial charge in [-0.3, -0.25) is 0 Å². The van der Waals surface area contributed by atoms with Crippen molar-refractivity contribution in [2.75, 3.05) is 19.8 Å². The molecule has 0 aromatic heterocycles. The van der Waals surface area contributed by atoms with Crippen molar-refractivity contribution in [1.82, 2.24) is 10.6 Å². The topological polar surface area (TPSA) is 50.4 Å². The third-order valence-electron chi connectivity index (χ3n) is 5.11. The smallest absolute Gasteiger partial charge is 0.315 e. The van der Waals surface area contributed by atoms with Crippen LogP contribution in [0.25, 0.3) is 0 Å². The second-order valence-electron chi connectivity index (χ2n) is 6.57. The molecule has 1 aromatic carbocycles. The maximum absolute atomic E-state index is 12.2. The molecule has 1 saturated heterocycles. The highest BCUT2D eigenvalue weighted by Crippen LogP contribution is 2.34. The maximum Gasteiger partial charge on any atom is 0.315 e. The lowest BCUT2D eigenvalue weighted by Crippen LogP contribution is -2.49. The number of urea groups is 1. The van der Waals surface area contributed by atoms with Crippen LogP contribution in [0.3, 0.4) is 0 Å². The Morgan fingerprint density at radius 1 is 1.14 bits per heavy atom. The van der Waals surface area contributed by atoms with Crippen molar-refractivity contribution in [3.63, 3.8) is 0 Å². The average molecular weight is 302 g/mol. The van der Waals surface area contributed by atoms with Gasteiger partial charge in [0.2, 0.25) is 0 Å². The van der Waals surface area contributed by atoms with Gasteiger partial charge in [-0.05, 0) is 31.2 Å². The molecule has 1 heterocycles. The zero-order valence-electron chi connectivity index (χ0n) is 13.1. The van der Waals surface area contributed by atoms with Gasteiger partial charge in [0.05, 0.1) is 0 Å². The predicted octanol–water partition coefficient (Wildman–Crippen LogP) is 2.98. The van der Waals surface area contributed by atoms with Crippen molar-refractivity contribution < 1.29 is 9.53 Å². The maximum atomic E-state index is 12.2. The number of rotatable bonds is 4. The molecule has 2 fully saturated rings. The number of hydrogen-bond donors (Lipinski definition) is 2. The molecule has 1 aliphatic carbocycles. The number of nitrogens with one attached hydrogen (secondary N) is 2.